The number of carbonyl (C=O) groups is 4. The van der Waals surface area contributed by atoms with Gasteiger partial charge in [0.05, 0.1) is 23.8 Å². The van der Waals surface area contributed by atoms with Crippen molar-refractivity contribution >= 4 is 46.7 Å². The largest absolute Gasteiger partial charge is 0.545 e. The van der Waals surface area contributed by atoms with Crippen LogP contribution in [-0.4, -0.2) is 30.4 Å². The predicted octanol–water partition coefficient (Wildman–Crippen LogP) is 2.44. The number of para-hydroxylation sites is 1. The molecular weight excluding hydrogens is 424 g/mol. The summed E-state index contributed by atoms with van der Waals surface area (Å²) in [7, 11) is 0. The number of ether oxygens (including phenoxy) is 1. The van der Waals surface area contributed by atoms with Gasteiger partial charge < -0.3 is 20.0 Å². The lowest BCUT2D eigenvalue weighted by molar-refractivity contribution is -0.255. The minimum Gasteiger partial charge on any atom is -0.545 e. The van der Waals surface area contributed by atoms with Gasteiger partial charge in [-0.25, -0.2) is 9.69 Å². The van der Waals surface area contributed by atoms with Crippen LogP contribution >= 0.6 is 11.6 Å². The molecule has 2 amide bonds. The van der Waals surface area contributed by atoms with Gasteiger partial charge in [-0.3, -0.25) is 9.59 Å². The number of hydrogen-bond acceptors (Lipinski definition) is 7. The Bertz CT molecular complexity index is 1090. The number of benzene rings is 2. The molecule has 2 aromatic carbocycles. The van der Waals surface area contributed by atoms with Crippen LogP contribution in [0.1, 0.15) is 40.5 Å². The van der Waals surface area contributed by atoms with Gasteiger partial charge >= 0.3 is 5.97 Å². The quantitative estimate of drug-likeness (QED) is 0.380. The maximum absolute atomic E-state index is 13.0. The van der Waals surface area contributed by atoms with Crippen LogP contribution in [0.15, 0.2) is 59.3 Å². The molecule has 0 unspecified atom stereocenters. The summed E-state index contributed by atoms with van der Waals surface area (Å²) in [6, 6.07) is 11.6. The Labute approximate surface area is 183 Å². The summed E-state index contributed by atoms with van der Waals surface area (Å²) in [6.45, 7) is 2.17. The van der Waals surface area contributed by atoms with Crippen LogP contribution in [0.3, 0.4) is 0 Å². The molecule has 3 rings (SSSR count). The Morgan fingerprint density at radius 1 is 1.10 bits per heavy atom. The Morgan fingerprint density at radius 2 is 1.84 bits per heavy atom. The van der Waals surface area contributed by atoms with Crippen LogP contribution in [0, 0.1) is 0 Å². The molecule has 0 saturated carbocycles. The first kappa shape index (κ1) is 22.0. The summed E-state index contributed by atoms with van der Waals surface area (Å²) in [4.78, 5) is 50.1. The molecule has 0 bridgehead atoms. The molecule has 160 valence electrons. The van der Waals surface area contributed by atoms with E-state index in [1.165, 1.54) is 36.4 Å². The smallest absolute Gasteiger partial charge is 0.340 e. The normalized spacial score (nSPS) is 13.5. The van der Waals surface area contributed by atoms with Crippen molar-refractivity contribution in [3.63, 3.8) is 0 Å². The molecule has 0 saturated heterocycles. The van der Waals surface area contributed by atoms with E-state index in [0.29, 0.717) is 6.42 Å². The molecule has 0 fully saturated rings. The molecule has 31 heavy (non-hydrogen) atoms. The van der Waals surface area contributed by atoms with Crippen molar-refractivity contribution in [2.75, 3.05) is 16.8 Å². The van der Waals surface area contributed by atoms with E-state index >= 15 is 0 Å². The monoisotopic (exact) mass is 441 g/mol. The minimum atomic E-state index is -1.39. The highest BCUT2D eigenvalue weighted by Gasteiger charge is 2.40. The average molecular weight is 442 g/mol. The molecule has 1 N–H and O–H groups in total. The molecule has 2 aromatic rings. The van der Waals surface area contributed by atoms with E-state index in [-0.39, 0.29) is 34.8 Å². The minimum absolute atomic E-state index is 0.0393. The molecule has 9 heteroatoms. The molecule has 0 atom stereocenters. The van der Waals surface area contributed by atoms with Gasteiger partial charge in [-0.2, -0.15) is 0 Å². The zero-order valence-electron chi connectivity index (χ0n) is 16.5. The molecule has 1 aliphatic heterocycles. The van der Waals surface area contributed by atoms with Crippen LogP contribution in [0.25, 0.3) is 0 Å². The molecule has 0 spiro atoms. The lowest BCUT2D eigenvalue weighted by atomic mass is 10.1. The number of carbonyl (C=O) groups excluding carboxylic acids is 4. The first-order valence-corrected chi connectivity index (χ1v) is 9.86. The van der Waals surface area contributed by atoms with Crippen LogP contribution in [0.4, 0.5) is 11.4 Å². The molecule has 0 radical (unpaired) electrons. The van der Waals surface area contributed by atoms with Crippen LogP contribution < -0.4 is 15.3 Å². The lowest BCUT2D eigenvalue weighted by Gasteiger charge is -2.18. The fraction of sp³-hybridized carbons (Fsp3) is 0.182. The van der Waals surface area contributed by atoms with Gasteiger partial charge in [0.15, 0.2) is 0 Å². The van der Waals surface area contributed by atoms with Gasteiger partial charge in [-0.05, 0) is 36.2 Å². The SMILES string of the molecule is CCCCOC(=O)c1ccccc1N1C(=O)C(Cl)=C(Nc2cccc(C(=O)[O-])c2)C1=O. The third kappa shape index (κ3) is 4.59. The topological polar surface area (TPSA) is 116 Å². The van der Waals surface area contributed by atoms with Gasteiger partial charge in [-0.15, -0.1) is 0 Å². The Morgan fingerprint density at radius 3 is 2.55 bits per heavy atom. The molecule has 1 heterocycles. The second-order valence-electron chi connectivity index (χ2n) is 6.63. The van der Waals surface area contributed by atoms with Crippen molar-refractivity contribution in [1.82, 2.24) is 0 Å². The number of carboxylic acids is 1. The first-order chi connectivity index (χ1) is 14.8. The highest BCUT2D eigenvalue weighted by Crippen LogP contribution is 2.32. The molecule has 8 nitrogen and oxygen atoms in total. The maximum atomic E-state index is 13.0. The van der Waals surface area contributed by atoms with E-state index in [2.05, 4.69) is 5.32 Å². The predicted molar refractivity (Wildman–Crippen MR) is 111 cm³/mol. The van der Waals surface area contributed by atoms with Crippen molar-refractivity contribution in [2.45, 2.75) is 19.8 Å². The Balaban J connectivity index is 1.89. The summed E-state index contributed by atoms with van der Waals surface area (Å²) < 4.78 is 5.21. The standard InChI is InChI=1S/C22H19ClN2O6/c1-2-3-11-31-22(30)15-9-4-5-10-16(15)25-19(26)17(23)18(20(25)27)24-14-8-6-7-13(12-14)21(28)29/h4-10,12,24H,2-3,11H2,1H3,(H,28,29)/p-1. The summed E-state index contributed by atoms with van der Waals surface area (Å²) in [5.41, 5.74) is -0.0423. The van der Waals surface area contributed by atoms with E-state index in [4.69, 9.17) is 16.3 Å². The van der Waals surface area contributed by atoms with Gasteiger partial charge in [-0.1, -0.05) is 49.2 Å². The van der Waals surface area contributed by atoms with Crippen LogP contribution in [-0.2, 0) is 14.3 Å². The van der Waals surface area contributed by atoms with Gasteiger partial charge in [0.25, 0.3) is 11.8 Å². The number of esters is 1. The maximum Gasteiger partial charge on any atom is 0.340 e. The van der Waals surface area contributed by atoms with E-state index in [1.807, 2.05) is 6.92 Å². The molecule has 1 aliphatic rings. The van der Waals surface area contributed by atoms with Crippen molar-refractivity contribution < 1.29 is 29.0 Å². The fourth-order valence-electron chi connectivity index (χ4n) is 2.93. The number of rotatable bonds is 8. The van der Waals surface area contributed by atoms with Crippen molar-refractivity contribution in [1.29, 1.82) is 0 Å². The van der Waals surface area contributed by atoms with Gasteiger partial charge in [0, 0.05) is 5.69 Å². The summed E-state index contributed by atoms with van der Waals surface area (Å²) in [6.07, 6.45) is 1.52. The van der Waals surface area contributed by atoms with Crippen LogP contribution in [0.2, 0.25) is 0 Å². The van der Waals surface area contributed by atoms with E-state index in [9.17, 15) is 24.3 Å². The second-order valence-corrected chi connectivity index (χ2v) is 7.01. The number of aromatic carboxylic acids is 1. The van der Waals surface area contributed by atoms with E-state index in [0.717, 1.165) is 11.3 Å². The molecule has 0 aromatic heterocycles. The molecular formula is C22H18ClN2O6-. The van der Waals surface area contributed by atoms with Crippen LogP contribution in [0.5, 0.6) is 0 Å². The van der Waals surface area contributed by atoms with Crippen molar-refractivity contribution in [3.8, 4) is 0 Å². The highest BCUT2D eigenvalue weighted by atomic mass is 35.5. The van der Waals surface area contributed by atoms with E-state index in [1.54, 1.807) is 12.1 Å². The first-order valence-electron chi connectivity index (χ1n) is 9.48. The number of halogens is 1. The van der Waals surface area contributed by atoms with Gasteiger partial charge in [0.1, 0.15) is 10.7 Å². The van der Waals surface area contributed by atoms with E-state index < -0.39 is 28.8 Å². The average Bonchev–Trinajstić information content (AvgIpc) is 2.97. The molecule has 0 aliphatic carbocycles. The number of anilines is 2. The Kier molecular flexibility index (Phi) is 6.71. The highest BCUT2D eigenvalue weighted by molar-refractivity contribution is 6.53. The number of nitrogens with zero attached hydrogens (tertiary/aromatic N) is 1. The van der Waals surface area contributed by atoms with Crippen molar-refractivity contribution in [3.05, 3.63) is 70.4 Å². The third-order valence-electron chi connectivity index (χ3n) is 4.49. The number of amides is 2. The summed E-state index contributed by atoms with van der Waals surface area (Å²) in [5.74, 6) is -3.67. The number of imide groups is 1. The zero-order valence-corrected chi connectivity index (χ0v) is 17.3. The fourth-order valence-corrected chi connectivity index (χ4v) is 3.14. The third-order valence-corrected chi connectivity index (χ3v) is 4.84. The number of unbranched alkanes of at least 4 members (excludes halogenated alkanes) is 1. The van der Waals surface area contributed by atoms with Gasteiger partial charge in [0.2, 0.25) is 0 Å². The Hall–Kier alpha value is -3.65. The number of hydrogen-bond donors (Lipinski definition) is 1. The second kappa shape index (κ2) is 9.44. The lowest BCUT2D eigenvalue weighted by Crippen LogP contribution is -2.33. The summed E-state index contributed by atoms with van der Waals surface area (Å²) >= 11 is 6.11. The number of carboxylic acid groups (broad SMARTS) is 1. The summed E-state index contributed by atoms with van der Waals surface area (Å²) in [5, 5.41) is 13.3. The zero-order chi connectivity index (χ0) is 22.5. The number of nitrogens with one attached hydrogen (secondary N) is 1. The van der Waals surface area contributed by atoms with Crippen molar-refractivity contribution in [2.24, 2.45) is 0 Å².